The molecule has 3 aliphatic heterocycles. The lowest BCUT2D eigenvalue weighted by atomic mass is 9.57. The van der Waals surface area contributed by atoms with Crippen molar-refractivity contribution in [1.82, 2.24) is 0 Å². The maximum Gasteiger partial charge on any atom is 0.311 e. The molecule has 3 spiro atoms. The Morgan fingerprint density at radius 2 is 2.19 bits per heavy atom. The zero-order chi connectivity index (χ0) is 17.9. The van der Waals surface area contributed by atoms with Gasteiger partial charge in [0.25, 0.3) is 0 Å². The highest BCUT2D eigenvalue weighted by molar-refractivity contribution is 5.82. The van der Waals surface area contributed by atoms with Gasteiger partial charge in [-0.3, -0.25) is 4.79 Å². The van der Waals surface area contributed by atoms with Crippen LogP contribution in [0, 0.1) is 22.5 Å². The lowest BCUT2D eigenvalue weighted by Gasteiger charge is -2.56. The zero-order valence-electron chi connectivity index (χ0n) is 15.2. The van der Waals surface area contributed by atoms with Crippen molar-refractivity contribution in [3.63, 3.8) is 0 Å². The molecule has 1 unspecified atom stereocenters. The van der Waals surface area contributed by atoms with Crippen molar-refractivity contribution in [3.05, 3.63) is 47.2 Å². The molecule has 0 amide bonds. The first-order valence-corrected chi connectivity index (χ1v) is 9.67. The van der Waals surface area contributed by atoms with Gasteiger partial charge in [0.15, 0.2) is 0 Å². The molecule has 0 aromatic heterocycles. The predicted octanol–water partition coefficient (Wildman–Crippen LogP) is 2.57. The third-order valence-electron chi connectivity index (χ3n) is 8.74. The summed E-state index contributed by atoms with van der Waals surface area (Å²) in [5.41, 5.74) is 1.42. The van der Waals surface area contributed by atoms with Crippen LogP contribution in [0.25, 0.3) is 0 Å². The maximum atomic E-state index is 13.9. The number of carbonyl (C=O) groups excluding carboxylic acids is 1. The van der Waals surface area contributed by atoms with Gasteiger partial charge in [0.2, 0.25) is 0 Å². The summed E-state index contributed by atoms with van der Waals surface area (Å²) in [6, 6.07) is 8.39. The van der Waals surface area contributed by atoms with Crippen molar-refractivity contribution in [1.29, 1.82) is 0 Å². The fourth-order valence-corrected chi connectivity index (χ4v) is 8.20. The lowest BCUT2D eigenvalue weighted by molar-refractivity contribution is -0.897. The van der Waals surface area contributed by atoms with Crippen LogP contribution in [0.5, 0.6) is 0 Å². The molecule has 1 saturated heterocycles. The van der Waals surface area contributed by atoms with Gasteiger partial charge in [-0.25, -0.2) is 0 Å². The van der Waals surface area contributed by atoms with E-state index < -0.39 is 5.54 Å². The number of benzene rings is 1. The van der Waals surface area contributed by atoms with Crippen LogP contribution in [-0.2, 0) is 14.9 Å². The number of fused-ring (bicyclic) bond motifs is 1. The van der Waals surface area contributed by atoms with Gasteiger partial charge in [-0.15, -0.1) is 0 Å². The van der Waals surface area contributed by atoms with Gasteiger partial charge in [-0.2, -0.15) is 0 Å². The number of carbonyl (C=O) groups is 1. The van der Waals surface area contributed by atoms with Crippen LogP contribution in [0.2, 0.25) is 0 Å². The minimum Gasteiger partial charge on any atom is -0.632 e. The second kappa shape index (κ2) is 4.18. The Bertz CT molecular complexity index is 884. The number of esters is 1. The van der Waals surface area contributed by atoms with Crippen LogP contribution in [0.3, 0.4) is 0 Å². The molecular weight excluding hydrogens is 328 g/mol. The van der Waals surface area contributed by atoms with E-state index >= 15 is 0 Å². The number of nitrogens with zero attached hydrogens (tertiary/aromatic N) is 1. The van der Waals surface area contributed by atoms with Crippen LogP contribution in [0.15, 0.2) is 36.4 Å². The smallest absolute Gasteiger partial charge is 0.311 e. The Balaban J connectivity index is 1.71. The number of hydrogen-bond donors (Lipinski definition) is 1. The van der Waals surface area contributed by atoms with E-state index in [1.54, 1.807) is 0 Å². The molecule has 3 heterocycles. The van der Waals surface area contributed by atoms with Gasteiger partial charge in [0, 0.05) is 17.5 Å². The molecule has 5 heteroatoms. The van der Waals surface area contributed by atoms with E-state index in [4.69, 9.17) is 4.74 Å². The third-order valence-corrected chi connectivity index (χ3v) is 8.74. The Labute approximate surface area is 153 Å². The Kier molecular flexibility index (Phi) is 2.45. The molecular formula is C21H24N2O3. The van der Waals surface area contributed by atoms with Crippen molar-refractivity contribution >= 4 is 11.7 Å². The number of para-hydroxylation sites is 1. The number of hydrogen-bond acceptors (Lipinski definition) is 4. The van der Waals surface area contributed by atoms with Crippen LogP contribution < -0.4 is 5.32 Å². The monoisotopic (exact) mass is 352 g/mol. The van der Waals surface area contributed by atoms with Gasteiger partial charge in [-0.05, 0) is 30.0 Å². The SMILES string of the molecule is COC(=O)[C@@H]1C[C@]23C=CC[N@+]4([O-])CCC5(c6ccccc6N[C@@]15[C@H]2C)[C@H]34. The average Bonchev–Trinajstić information content (AvgIpc) is 3.27. The summed E-state index contributed by atoms with van der Waals surface area (Å²) in [5.74, 6) is -0.151. The van der Waals surface area contributed by atoms with Gasteiger partial charge in [0.05, 0.1) is 37.1 Å². The topological polar surface area (TPSA) is 61.4 Å². The first kappa shape index (κ1) is 15.2. The molecule has 1 N–H and O–H groups in total. The summed E-state index contributed by atoms with van der Waals surface area (Å²) in [5, 5.41) is 17.7. The molecule has 5 aliphatic rings. The van der Waals surface area contributed by atoms with E-state index in [9.17, 15) is 10.0 Å². The van der Waals surface area contributed by atoms with Crippen molar-refractivity contribution in [3.8, 4) is 0 Å². The molecule has 2 saturated carbocycles. The molecule has 136 valence electrons. The summed E-state index contributed by atoms with van der Waals surface area (Å²) in [7, 11) is 1.48. The van der Waals surface area contributed by atoms with Crippen LogP contribution >= 0.6 is 0 Å². The number of anilines is 1. The highest BCUT2D eigenvalue weighted by Crippen LogP contribution is 2.80. The quantitative estimate of drug-likeness (QED) is 0.365. The number of methoxy groups -OCH3 is 1. The van der Waals surface area contributed by atoms with Crippen molar-refractivity contribution < 1.29 is 14.2 Å². The first-order valence-electron chi connectivity index (χ1n) is 9.67. The van der Waals surface area contributed by atoms with Gasteiger partial charge < -0.3 is 19.9 Å². The lowest BCUT2D eigenvalue weighted by Crippen LogP contribution is -2.66. The highest BCUT2D eigenvalue weighted by Gasteiger charge is 2.89. The number of ether oxygens (including phenoxy) is 1. The number of rotatable bonds is 1. The van der Waals surface area contributed by atoms with E-state index in [1.165, 1.54) is 12.7 Å². The van der Waals surface area contributed by atoms with Crippen LogP contribution in [0.4, 0.5) is 5.69 Å². The Hall–Kier alpha value is -1.85. The number of quaternary nitrogens is 1. The molecule has 1 aromatic rings. The second-order valence-corrected chi connectivity index (χ2v) is 9.04. The Morgan fingerprint density at radius 1 is 1.38 bits per heavy atom. The average molecular weight is 352 g/mol. The van der Waals surface area contributed by atoms with E-state index in [1.807, 2.05) is 6.07 Å². The van der Waals surface area contributed by atoms with E-state index in [0.29, 0.717) is 19.5 Å². The van der Waals surface area contributed by atoms with Crippen molar-refractivity contribution in [2.24, 2.45) is 17.3 Å². The summed E-state index contributed by atoms with van der Waals surface area (Å²) in [6.45, 7) is 3.44. The van der Waals surface area contributed by atoms with E-state index in [0.717, 1.165) is 12.1 Å². The largest absolute Gasteiger partial charge is 0.632 e. The standard InChI is InChI=1S/C21H24N2O3/c1-13-19-8-5-10-23(25)11-9-20(18(19)23)14-6-3-4-7-16(14)22-21(13,20)15(12-19)17(24)26-2/h3-8,13,15,18,22H,9-12H2,1-2H3/t13-,15-,18-,19+,20?,21-,23-/m0/s1. The van der Waals surface area contributed by atoms with Crippen molar-refractivity contribution in [2.45, 2.75) is 36.8 Å². The zero-order valence-corrected chi connectivity index (χ0v) is 15.2. The number of hydroxylamine groups is 3. The minimum atomic E-state index is -0.423. The summed E-state index contributed by atoms with van der Waals surface area (Å²) in [6.07, 6.45) is 5.93. The maximum absolute atomic E-state index is 13.9. The fraction of sp³-hybridized carbons (Fsp3) is 0.571. The second-order valence-electron chi connectivity index (χ2n) is 9.04. The summed E-state index contributed by atoms with van der Waals surface area (Å²) in [4.78, 5) is 12.9. The highest BCUT2D eigenvalue weighted by atomic mass is 16.6. The fourth-order valence-electron chi connectivity index (χ4n) is 8.20. The molecule has 6 rings (SSSR count). The molecule has 26 heavy (non-hydrogen) atoms. The van der Waals surface area contributed by atoms with Gasteiger partial charge >= 0.3 is 5.97 Å². The van der Waals surface area contributed by atoms with Crippen LogP contribution in [-0.4, -0.2) is 42.4 Å². The molecule has 7 atom stereocenters. The summed E-state index contributed by atoms with van der Waals surface area (Å²) >= 11 is 0. The number of nitrogens with one attached hydrogen (secondary N) is 1. The molecule has 0 radical (unpaired) electrons. The first-order chi connectivity index (χ1) is 12.5. The molecule has 1 aromatic carbocycles. The molecule has 2 bridgehead atoms. The molecule has 5 nitrogen and oxygen atoms in total. The summed E-state index contributed by atoms with van der Waals surface area (Å²) < 4.78 is 5.12. The van der Waals surface area contributed by atoms with E-state index in [2.05, 4.69) is 42.6 Å². The Morgan fingerprint density at radius 3 is 3.00 bits per heavy atom. The normalized spacial score (nSPS) is 51.6. The van der Waals surface area contributed by atoms with Crippen LogP contribution in [0.1, 0.15) is 25.3 Å². The molecule has 2 aliphatic carbocycles. The minimum absolute atomic E-state index is 0.00736. The molecule has 3 fully saturated rings. The predicted molar refractivity (Wildman–Crippen MR) is 97.1 cm³/mol. The van der Waals surface area contributed by atoms with Gasteiger partial charge in [0.1, 0.15) is 6.04 Å². The van der Waals surface area contributed by atoms with E-state index in [-0.39, 0.29) is 39.3 Å². The van der Waals surface area contributed by atoms with Crippen molar-refractivity contribution in [2.75, 3.05) is 25.5 Å². The van der Waals surface area contributed by atoms with Gasteiger partial charge in [-0.1, -0.05) is 31.2 Å². The third kappa shape index (κ3) is 1.19.